The Morgan fingerprint density at radius 2 is 1.25 bits per heavy atom. The highest BCUT2D eigenvalue weighted by atomic mass is 16.5. The molecule has 0 radical (unpaired) electrons. The number of rotatable bonds is 11. The van der Waals surface area contributed by atoms with E-state index in [-0.39, 0.29) is 5.60 Å². The molecule has 0 aromatic carbocycles. The molecule has 0 aromatic heterocycles. The highest BCUT2D eigenvalue weighted by Gasteiger charge is 2.19. The zero-order valence-electron chi connectivity index (χ0n) is 11.4. The Kier molecular flexibility index (Phi) is 9.99. The van der Waals surface area contributed by atoms with E-state index in [4.69, 9.17) is 14.2 Å². The van der Waals surface area contributed by atoms with E-state index in [0.717, 1.165) is 25.9 Å². The fourth-order valence-electron chi connectivity index (χ4n) is 1.27. The van der Waals surface area contributed by atoms with Crippen molar-refractivity contribution in [2.45, 2.75) is 52.6 Å². The Morgan fingerprint density at radius 1 is 0.750 bits per heavy atom. The first-order valence-corrected chi connectivity index (χ1v) is 6.48. The van der Waals surface area contributed by atoms with Gasteiger partial charge in [0, 0.05) is 6.61 Å². The van der Waals surface area contributed by atoms with Crippen LogP contribution in [-0.4, -0.2) is 38.6 Å². The molecule has 0 rings (SSSR count). The van der Waals surface area contributed by atoms with Gasteiger partial charge in [0.15, 0.2) is 0 Å². The molecule has 0 atom stereocenters. The lowest BCUT2D eigenvalue weighted by Gasteiger charge is -2.27. The Hall–Kier alpha value is -0.120. The van der Waals surface area contributed by atoms with Crippen molar-refractivity contribution >= 4 is 0 Å². The van der Waals surface area contributed by atoms with Gasteiger partial charge >= 0.3 is 0 Å². The van der Waals surface area contributed by atoms with E-state index in [1.807, 2.05) is 0 Å². The van der Waals surface area contributed by atoms with Gasteiger partial charge in [0.05, 0.1) is 32.0 Å². The molecule has 0 heterocycles. The summed E-state index contributed by atoms with van der Waals surface area (Å²) in [7, 11) is 0. The van der Waals surface area contributed by atoms with Gasteiger partial charge in [-0.25, -0.2) is 0 Å². The summed E-state index contributed by atoms with van der Waals surface area (Å²) in [6, 6.07) is 0. The summed E-state index contributed by atoms with van der Waals surface area (Å²) in [5.41, 5.74) is 0.0159. The van der Waals surface area contributed by atoms with Crippen LogP contribution in [0, 0.1) is 0 Å². The Bertz CT molecular complexity index is 144. The van der Waals surface area contributed by atoms with Gasteiger partial charge in [-0.1, -0.05) is 20.8 Å². The maximum atomic E-state index is 5.79. The molecule has 0 amide bonds. The van der Waals surface area contributed by atoms with E-state index in [9.17, 15) is 0 Å². The maximum Gasteiger partial charge on any atom is 0.0707 e. The minimum atomic E-state index is 0.0159. The van der Waals surface area contributed by atoms with E-state index in [0.29, 0.717) is 26.4 Å². The lowest BCUT2D eigenvalue weighted by molar-refractivity contribution is -0.0655. The van der Waals surface area contributed by atoms with Crippen molar-refractivity contribution in [1.29, 1.82) is 0 Å². The first kappa shape index (κ1) is 15.9. The first-order chi connectivity index (χ1) is 7.68. The molecular formula is C13H28O3. The van der Waals surface area contributed by atoms with Crippen LogP contribution in [0.15, 0.2) is 0 Å². The number of hydrogen-bond acceptors (Lipinski definition) is 3. The lowest BCUT2D eigenvalue weighted by Crippen LogP contribution is -2.28. The van der Waals surface area contributed by atoms with Crippen molar-refractivity contribution in [1.82, 2.24) is 0 Å². The molecule has 0 aliphatic heterocycles. The molecule has 3 nitrogen and oxygen atoms in total. The molecule has 0 N–H and O–H groups in total. The SMILES string of the molecule is CCCOCCOCCOC(C)(CC)CC. The van der Waals surface area contributed by atoms with Gasteiger partial charge in [-0.2, -0.15) is 0 Å². The largest absolute Gasteiger partial charge is 0.379 e. The maximum absolute atomic E-state index is 5.79. The zero-order chi connectivity index (χ0) is 12.3. The van der Waals surface area contributed by atoms with Crippen LogP contribution in [0.2, 0.25) is 0 Å². The molecule has 0 aliphatic carbocycles. The zero-order valence-corrected chi connectivity index (χ0v) is 11.4. The summed E-state index contributed by atoms with van der Waals surface area (Å²) in [4.78, 5) is 0. The van der Waals surface area contributed by atoms with Crippen LogP contribution in [0.3, 0.4) is 0 Å². The average Bonchev–Trinajstić information content (AvgIpc) is 2.32. The molecule has 0 saturated heterocycles. The van der Waals surface area contributed by atoms with Crippen LogP contribution in [0.25, 0.3) is 0 Å². The van der Waals surface area contributed by atoms with Gasteiger partial charge in [-0.3, -0.25) is 0 Å². The number of ether oxygens (including phenoxy) is 3. The van der Waals surface area contributed by atoms with Gasteiger partial charge in [-0.15, -0.1) is 0 Å². The molecule has 0 saturated carbocycles. The Labute approximate surface area is 100 Å². The monoisotopic (exact) mass is 232 g/mol. The summed E-state index contributed by atoms with van der Waals surface area (Å²) < 4.78 is 16.5. The molecule has 0 aliphatic rings. The quantitative estimate of drug-likeness (QED) is 0.512. The van der Waals surface area contributed by atoms with Crippen LogP contribution in [-0.2, 0) is 14.2 Å². The van der Waals surface area contributed by atoms with Crippen LogP contribution >= 0.6 is 0 Å². The van der Waals surface area contributed by atoms with E-state index in [1.54, 1.807) is 0 Å². The highest BCUT2D eigenvalue weighted by Crippen LogP contribution is 2.18. The van der Waals surface area contributed by atoms with Crippen molar-refractivity contribution in [2.24, 2.45) is 0 Å². The van der Waals surface area contributed by atoms with Crippen LogP contribution in [0.5, 0.6) is 0 Å². The third-order valence-electron chi connectivity index (χ3n) is 2.89. The van der Waals surface area contributed by atoms with Crippen molar-refractivity contribution in [3.05, 3.63) is 0 Å². The molecule has 0 bridgehead atoms. The molecule has 0 aromatic rings. The summed E-state index contributed by atoms with van der Waals surface area (Å²) >= 11 is 0. The van der Waals surface area contributed by atoms with Gasteiger partial charge in [-0.05, 0) is 26.2 Å². The van der Waals surface area contributed by atoms with Crippen LogP contribution in [0.1, 0.15) is 47.0 Å². The summed E-state index contributed by atoms with van der Waals surface area (Å²) in [5.74, 6) is 0. The molecule has 0 unspecified atom stereocenters. The predicted molar refractivity (Wildman–Crippen MR) is 66.9 cm³/mol. The predicted octanol–water partition coefficient (Wildman–Crippen LogP) is 3.02. The molecule has 0 fully saturated rings. The summed E-state index contributed by atoms with van der Waals surface area (Å²) in [6.45, 7) is 12.1. The fourth-order valence-corrected chi connectivity index (χ4v) is 1.27. The van der Waals surface area contributed by atoms with Crippen molar-refractivity contribution in [3.8, 4) is 0 Å². The lowest BCUT2D eigenvalue weighted by atomic mass is 10.0. The minimum Gasteiger partial charge on any atom is -0.379 e. The molecular weight excluding hydrogens is 204 g/mol. The number of hydrogen-bond donors (Lipinski definition) is 0. The topological polar surface area (TPSA) is 27.7 Å². The minimum absolute atomic E-state index is 0.0159. The standard InChI is InChI=1S/C13H28O3/c1-5-8-14-9-10-15-11-12-16-13(4,6-2)7-3/h5-12H2,1-4H3. The third-order valence-corrected chi connectivity index (χ3v) is 2.89. The fraction of sp³-hybridized carbons (Fsp3) is 1.00. The Morgan fingerprint density at radius 3 is 1.75 bits per heavy atom. The van der Waals surface area contributed by atoms with Crippen molar-refractivity contribution in [2.75, 3.05) is 33.0 Å². The summed E-state index contributed by atoms with van der Waals surface area (Å²) in [5, 5.41) is 0. The van der Waals surface area contributed by atoms with E-state index in [1.165, 1.54) is 0 Å². The highest BCUT2D eigenvalue weighted by molar-refractivity contribution is 4.70. The first-order valence-electron chi connectivity index (χ1n) is 6.48. The van der Waals surface area contributed by atoms with E-state index < -0.39 is 0 Å². The van der Waals surface area contributed by atoms with Gasteiger partial charge in [0.1, 0.15) is 0 Å². The van der Waals surface area contributed by atoms with E-state index >= 15 is 0 Å². The van der Waals surface area contributed by atoms with Crippen LogP contribution in [0.4, 0.5) is 0 Å². The molecule has 0 spiro atoms. The summed E-state index contributed by atoms with van der Waals surface area (Å²) in [6.07, 6.45) is 3.15. The van der Waals surface area contributed by atoms with Gasteiger partial charge < -0.3 is 14.2 Å². The van der Waals surface area contributed by atoms with Crippen molar-refractivity contribution < 1.29 is 14.2 Å². The average molecular weight is 232 g/mol. The third kappa shape index (κ3) is 8.08. The van der Waals surface area contributed by atoms with Gasteiger partial charge in [0.2, 0.25) is 0 Å². The molecule has 16 heavy (non-hydrogen) atoms. The normalized spacial score (nSPS) is 12.0. The Balaban J connectivity index is 3.26. The molecule has 3 heteroatoms. The van der Waals surface area contributed by atoms with Crippen LogP contribution < -0.4 is 0 Å². The second-order valence-corrected chi connectivity index (χ2v) is 4.23. The molecule has 98 valence electrons. The second kappa shape index (κ2) is 10.1. The van der Waals surface area contributed by atoms with Crippen molar-refractivity contribution in [3.63, 3.8) is 0 Å². The second-order valence-electron chi connectivity index (χ2n) is 4.23. The smallest absolute Gasteiger partial charge is 0.0707 e. The van der Waals surface area contributed by atoms with Gasteiger partial charge in [0.25, 0.3) is 0 Å². The van der Waals surface area contributed by atoms with E-state index in [2.05, 4.69) is 27.7 Å².